The van der Waals surface area contributed by atoms with Crippen molar-refractivity contribution in [2.45, 2.75) is 32.1 Å². The fraction of sp³-hybridized carbons (Fsp3) is 0.320. The standard InChI is InChI=1S/C25H28N4O2/c30-24(20-10-5-2-6-11-20)26-16-17-27-25(31)21-12-7-13-22(18-21)29-23(14-15-28-29)19-8-3-1-4-9-19/h1,3-4,7-9,12-15,18,20H,2,5-6,10-11,16-17H2,(H,26,30)(H,27,31). The molecule has 1 aromatic heterocycles. The molecule has 4 rings (SSSR count). The van der Waals surface area contributed by atoms with Crippen molar-refractivity contribution in [2.75, 3.05) is 13.1 Å². The Bertz CT molecular complexity index is 1020. The highest BCUT2D eigenvalue weighted by molar-refractivity contribution is 5.94. The third-order valence-corrected chi connectivity index (χ3v) is 5.75. The van der Waals surface area contributed by atoms with E-state index in [4.69, 9.17) is 0 Å². The Kier molecular flexibility index (Phi) is 6.77. The molecule has 6 heteroatoms. The molecule has 2 aromatic carbocycles. The fourth-order valence-electron chi connectivity index (χ4n) is 4.09. The van der Waals surface area contributed by atoms with Crippen LogP contribution in [-0.4, -0.2) is 34.7 Å². The molecule has 0 bridgehead atoms. The maximum Gasteiger partial charge on any atom is 0.251 e. The SMILES string of the molecule is O=C(NCCNC(=O)C1CCCCC1)c1cccc(-n2nccc2-c2ccccc2)c1. The number of carbonyl (C=O) groups is 2. The maximum absolute atomic E-state index is 12.6. The molecule has 1 aliphatic carbocycles. The number of rotatable bonds is 7. The summed E-state index contributed by atoms with van der Waals surface area (Å²) in [6.07, 6.45) is 7.20. The molecular formula is C25H28N4O2. The van der Waals surface area contributed by atoms with E-state index in [1.165, 1.54) is 6.42 Å². The Morgan fingerprint density at radius 2 is 1.68 bits per heavy atom. The van der Waals surface area contributed by atoms with Gasteiger partial charge in [-0.05, 0) is 37.1 Å². The highest BCUT2D eigenvalue weighted by Gasteiger charge is 2.20. The molecule has 0 radical (unpaired) electrons. The van der Waals surface area contributed by atoms with Crippen molar-refractivity contribution >= 4 is 11.8 Å². The summed E-state index contributed by atoms with van der Waals surface area (Å²) in [6.45, 7) is 0.844. The van der Waals surface area contributed by atoms with Crippen LogP contribution in [0.1, 0.15) is 42.5 Å². The number of nitrogens with one attached hydrogen (secondary N) is 2. The highest BCUT2D eigenvalue weighted by atomic mass is 16.2. The molecule has 1 aliphatic rings. The molecule has 160 valence electrons. The monoisotopic (exact) mass is 416 g/mol. The Hall–Kier alpha value is -3.41. The van der Waals surface area contributed by atoms with Crippen LogP contribution in [0.2, 0.25) is 0 Å². The van der Waals surface area contributed by atoms with Gasteiger partial charge in [0.15, 0.2) is 0 Å². The minimum atomic E-state index is -0.165. The van der Waals surface area contributed by atoms with Gasteiger partial charge in [-0.15, -0.1) is 0 Å². The van der Waals surface area contributed by atoms with Crippen molar-refractivity contribution in [3.05, 3.63) is 72.4 Å². The predicted molar refractivity (Wildman–Crippen MR) is 121 cm³/mol. The van der Waals surface area contributed by atoms with Crippen LogP contribution in [0.4, 0.5) is 0 Å². The number of hydrogen-bond acceptors (Lipinski definition) is 3. The quantitative estimate of drug-likeness (QED) is 0.572. The normalized spacial score (nSPS) is 14.2. The Morgan fingerprint density at radius 1 is 0.903 bits per heavy atom. The van der Waals surface area contributed by atoms with Gasteiger partial charge < -0.3 is 10.6 Å². The minimum absolute atomic E-state index is 0.114. The summed E-state index contributed by atoms with van der Waals surface area (Å²) >= 11 is 0. The van der Waals surface area contributed by atoms with Crippen molar-refractivity contribution in [1.82, 2.24) is 20.4 Å². The zero-order valence-corrected chi connectivity index (χ0v) is 17.6. The van der Waals surface area contributed by atoms with E-state index in [0.717, 1.165) is 42.6 Å². The second kappa shape index (κ2) is 10.1. The van der Waals surface area contributed by atoms with Gasteiger partial charge >= 0.3 is 0 Å². The molecule has 1 fully saturated rings. The van der Waals surface area contributed by atoms with Gasteiger partial charge in [0.25, 0.3) is 5.91 Å². The lowest BCUT2D eigenvalue weighted by Crippen LogP contribution is -2.38. The predicted octanol–water partition coefficient (Wildman–Crippen LogP) is 3.97. The molecule has 2 amide bonds. The first kappa shape index (κ1) is 20.8. The van der Waals surface area contributed by atoms with Crippen LogP contribution in [0.3, 0.4) is 0 Å². The van der Waals surface area contributed by atoms with Crippen LogP contribution in [0, 0.1) is 5.92 Å². The van der Waals surface area contributed by atoms with Crippen LogP contribution in [0.5, 0.6) is 0 Å². The molecule has 0 unspecified atom stereocenters. The van der Waals surface area contributed by atoms with E-state index in [0.29, 0.717) is 18.7 Å². The first-order chi connectivity index (χ1) is 15.2. The van der Waals surface area contributed by atoms with Crippen molar-refractivity contribution in [3.63, 3.8) is 0 Å². The van der Waals surface area contributed by atoms with Crippen molar-refractivity contribution in [1.29, 1.82) is 0 Å². The van der Waals surface area contributed by atoms with Gasteiger partial charge in [-0.25, -0.2) is 4.68 Å². The Labute approximate surface area is 182 Å². The van der Waals surface area contributed by atoms with Crippen molar-refractivity contribution in [2.24, 2.45) is 5.92 Å². The van der Waals surface area contributed by atoms with Gasteiger partial charge in [0.05, 0.1) is 17.6 Å². The lowest BCUT2D eigenvalue weighted by Gasteiger charge is -2.20. The summed E-state index contributed by atoms with van der Waals surface area (Å²) in [5, 5.41) is 10.3. The van der Waals surface area contributed by atoms with Crippen LogP contribution >= 0.6 is 0 Å². The third-order valence-electron chi connectivity index (χ3n) is 5.75. The number of nitrogens with zero attached hydrogens (tertiary/aromatic N) is 2. The molecule has 1 heterocycles. The molecule has 1 saturated carbocycles. The lowest BCUT2D eigenvalue weighted by molar-refractivity contribution is -0.125. The topological polar surface area (TPSA) is 76.0 Å². The largest absolute Gasteiger partial charge is 0.354 e. The summed E-state index contributed by atoms with van der Waals surface area (Å²) in [5.74, 6) is 0.0827. The summed E-state index contributed by atoms with van der Waals surface area (Å²) in [5.41, 5.74) is 3.40. The van der Waals surface area contributed by atoms with E-state index in [9.17, 15) is 9.59 Å². The van der Waals surface area contributed by atoms with E-state index in [2.05, 4.69) is 15.7 Å². The average Bonchev–Trinajstić information content (AvgIpc) is 3.33. The van der Waals surface area contributed by atoms with E-state index in [1.807, 2.05) is 59.3 Å². The Morgan fingerprint density at radius 3 is 2.48 bits per heavy atom. The van der Waals surface area contributed by atoms with E-state index < -0.39 is 0 Å². The second-order valence-corrected chi connectivity index (χ2v) is 7.93. The first-order valence-electron chi connectivity index (χ1n) is 11.0. The van der Waals surface area contributed by atoms with Gasteiger partial charge in [-0.3, -0.25) is 9.59 Å². The zero-order valence-electron chi connectivity index (χ0n) is 17.6. The number of amides is 2. The first-order valence-corrected chi connectivity index (χ1v) is 11.0. The number of benzene rings is 2. The highest BCUT2D eigenvalue weighted by Crippen LogP contribution is 2.24. The third kappa shape index (κ3) is 5.20. The molecule has 3 aromatic rings. The Balaban J connectivity index is 1.35. The molecule has 31 heavy (non-hydrogen) atoms. The fourth-order valence-corrected chi connectivity index (χ4v) is 4.09. The van der Waals surface area contributed by atoms with Crippen molar-refractivity contribution in [3.8, 4) is 16.9 Å². The summed E-state index contributed by atoms with van der Waals surface area (Å²) in [4.78, 5) is 24.8. The molecule has 0 spiro atoms. The summed E-state index contributed by atoms with van der Waals surface area (Å²) in [7, 11) is 0. The lowest BCUT2D eigenvalue weighted by atomic mass is 9.89. The van der Waals surface area contributed by atoms with E-state index in [1.54, 1.807) is 12.3 Å². The second-order valence-electron chi connectivity index (χ2n) is 7.93. The molecule has 6 nitrogen and oxygen atoms in total. The van der Waals surface area contributed by atoms with E-state index >= 15 is 0 Å². The van der Waals surface area contributed by atoms with Crippen LogP contribution < -0.4 is 10.6 Å². The zero-order chi connectivity index (χ0) is 21.5. The number of aromatic nitrogens is 2. The van der Waals surface area contributed by atoms with Crippen LogP contribution in [0.15, 0.2) is 66.9 Å². The maximum atomic E-state index is 12.6. The van der Waals surface area contributed by atoms with Gasteiger partial charge in [0.2, 0.25) is 5.91 Å². The number of hydrogen-bond donors (Lipinski definition) is 2. The summed E-state index contributed by atoms with van der Waals surface area (Å²) < 4.78 is 1.83. The van der Waals surface area contributed by atoms with Crippen LogP contribution in [-0.2, 0) is 4.79 Å². The molecule has 0 atom stereocenters. The summed E-state index contributed by atoms with van der Waals surface area (Å²) in [6, 6.07) is 19.4. The molecule has 0 aliphatic heterocycles. The van der Waals surface area contributed by atoms with Gasteiger partial charge in [-0.2, -0.15) is 5.10 Å². The minimum Gasteiger partial charge on any atom is -0.354 e. The average molecular weight is 417 g/mol. The molecular weight excluding hydrogens is 388 g/mol. The van der Waals surface area contributed by atoms with Gasteiger partial charge in [0.1, 0.15) is 0 Å². The number of carbonyl (C=O) groups excluding carboxylic acids is 2. The van der Waals surface area contributed by atoms with Crippen molar-refractivity contribution < 1.29 is 9.59 Å². The van der Waals surface area contributed by atoms with E-state index in [-0.39, 0.29) is 17.7 Å². The molecule has 2 N–H and O–H groups in total. The van der Waals surface area contributed by atoms with Gasteiger partial charge in [-0.1, -0.05) is 55.7 Å². The molecule has 0 saturated heterocycles. The van der Waals surface area contributed by atoms with Crippen LogP contribution in [0.25, 0.3) is 16.9 Å². The smallest absolute Gasteiger partial charge is 0.251 e. The van der Waals surface area contributed by atoms with Gasteiger partial charge in [0, 0.05) is 30.1 Å².